The number of carbonyl (C=O) groups is 1. The lowest BCUT2D eigenvalue weighted by Gasteiger charge is -2.12. The summed E-state index contributed by atoms with van der Waals surface area (Å²) in [7, 11) is 0. The molecule has 2 aromatic carbocycles. The summed E-state index contributed by atoms with van der Waals surface area (Å²) in [5.41, 5.74) is 8.48. The van der Waals surface area contributed by atoms with Gasteiger partial charge in [0.15, 0.2) is 0 Å². The van der Waals surface area contributed by atoms with Crippen molar-refractivity contribution in [2.45, 2.75) is 19.8 Å². The normalized spacial score (nSPS) is 10.7. The van der Waals surface area contributed by atoms with Gasteiger partial charge in [0.2, 0.25) is 5.91 Å². The summed E-state index contributed by atoms with van der Waals surface area (Å²) in [4.78, 5) is 11.6. The highest BCUT2D eigenvalue weighted by Gasteiger charge is 2.12. The second-order valence-electron chi connectivity index (χ2n) is 4.83. The molecule has 0 aliphatic heterocycles. The fourth-order valence-corrected chi connectivity index (χ4v) is 2.01. The van der Waals surface area contributed by atoms with Crippen molar-refractivity contribution in [1.82, 2.24) is 0 Å². The second kappa shape index (κ2) is 5.22. The highest BCUT2D eigenvalue weighted by atomic mass is 19.1. The van der Waals surface area contributed by atoms with E-state index in [-0.39, 0.29) is 5.82 Å². The molecule has 2 rings (SSSR count). The number of amides is 1. The number of rotatable bonds is 3. The zero-order chi connectivity index (χ0) is 14.0. The summed E-state index contributed by atoms with van der Waals surface area (Å²) in [6, 6.07) is 11.7. The fourth-order valence-electron chi connectivity index (χ4n) is 2.01. The SMILES string of the molecule is CC(C)c1ccc(-c2ccc(F)cc2)c(C(N)=O)c1. The molecular weight excluding hydrogens is 241 g/mol. The van der Waals surface area contributed by atoms with Crippen molar-refractivity contribution < 1.29 is 9.18 Å². The van der Waals surface area contributed by atoms with Gasteiger partial charge in [-0.1, -0.05) is 38.1 Å². The molecule has 0 heterocycles. The average molecular weight is 257 g/mol. The Morgan fingerprint density at radius 2 is 1.74 bits per heavy atom. The smallest absolute Gasteiger partial charge is 0.249 e. The molecule has 0 aliphatic carbocycles. The average Bonchev–Trinajstić information content (AvgIpc) is 2.38. The van der Waals surface area contributed by atoms with E-state index in [0.29, 0.717) is 11.5 Å². The van der Waals surface area contributed by atoms with Crippen LogP contribution in [0.2, 0.25) is 0 Å². The quantitative estimate of drug-likeness (QED) is 0.894. The van der Waals surface area contributed by atoms with Crippen LogP contribution in [0.25, 0.3) is 11.1 Å². The van der Waals surface area contributed by atoms with Crippen molar-refractivity contribution in [3.63, 3.8) is 0 Å². The highest BCUT2D eigenvalue weighted by Crippen LogP contribution is 2.27. The van der Waals surface area contributed by atoms with Crippen molar-refractivity contribution in [1.29, 1.82) is 0 Å². The second-order valence-corrected chi connectivity index (χ2v) is 4.83. The van der Waals surface area contributed by atoms with Crippen molar-refractivity contribution in [3.8, 4) is 11.1 Å². The number of hydrogen-bond acceptors (Lipinski definition) is 1. The molecule has 98 valence electrons. The predicted octanol–water partition coefficient (Wildman–Crippen LogP) is 3.72. The van der Waals surface area contributed by atoms with E-state index in [9.17, 15) is 9.18 Å². The number of halogens is 1. The van der Waals surface area contributed by atoms with Crippen LogP contribution < -0.4 is 5.73 Å². The zero-order valence-corrected chi connectivity index (χ0v) is 11.0. The third-order valence-corrected chi connectivity index (χ3v) is 3.13. The fraction of sp³-hybridized carbons (Fsp3) is 0.188. The van der Waals surface area contributed by atoms with E-state index < -0.39 is 5.91 Å². The van der Waals surface area contributed by atoms with E-state index in [1.54, 1.807) is 12.1 Å². The first-order valence-electron chi connectivity index (χ1n) is 6.18. The summed E-state index contributed by atoms with van der Waals surface area (Å²) in [5, 5.41) is 0. The van der Waals surface area contributed by atoms with E-state index in [0.717, 1.165) is 16.7 Å². The molecule has 0 bridgehead atoms. The van der Waals surface area contributed by atoms with E-state index in [4.69, 9.17) is 5.73 Å². The Kier molecular flexibility index (Phi) is 3.65. The van der Waals surface area contributed by atoms with Crippen LogP contribution in [0.4, 0.5) is 4.39 Å². The van der Waals surface area contributed by atoms with Crippen LogP contribution in [-0.2, 0) is 0 Å². The summed E-state index contributed by atoms with van der Waals surface area (Å²) >= 11 is 0. The summed E-state index contributed by atoms with van der Waals surface area (Å²) in [6.07, 6.45) is 0. The van der Waals surface area contributed by atoms with Gasteiger partial charge in [-0.2, -0.15) is 0 Å². The molecular formula is C16H16FNO. The van der Waals surface area contributed by atoms with E-state index in [1.807, 2.05) is 18.2 Å². The Balaban J connectivity index is 2.56. The molecule has 2 N–H and O–H groups in total. The summed E-state index contributed by atoms with van der Waals surface area (Å²) in [5.74, 6) is -0.453. The predicted molar refractivity (Wildman–Crippen MR) is 74.4 cm³/mol. The Morgan fingerprint density at radius 3 is 2.26 bits per heavy atom. The van der Waals surface area contributed by atoms with E-state index in [2.05, 4.69) is 13.8 Å². The number of nitrogens with two attached hydrogens (primary N) is 1. The molecule has 3 heteroatoms. The molecule has 0 atom stereocenters. The van der Waals surface area contributed by atoms with Crippen molar-refractivity contribution in [2.24, 2.45) is 5.73 Å². The van der Waals surface area contributed by atoms with E-state index in [1.165, 1.54) is 12.1 Å². The maximum absolute atomic E-state index is 12.9. The molecule has 0 fully saturated rings. The molecule has 19 heavy (non-hydrogen) atoms. The van der Waals surface area contributed by atoms with E-state index >= 15 is 0 Å². The maximum Gasteiger partial charge on any atom is 0.249 e. The van der Waals surface area contributed by atoms with Gasteiger partial charge in [0.05, 0.1) is 0 Å². The highest BCUT2D eigenvalue weighted by molar-refractivity contribution is 6.00. The molecule has 0 aliphatic rings. The van der Waals surface area contributed by atoms with Gasteiger partial charge in [-0.15, -0.1) is 0 Å². The first kappa shape index (κ1) is 13.3. The number of carbonyl (C=O) groups excluding carboxylic acids is 1. The lowest BCUT2D eigenvalue weighted by atomic mass is 9.93. The van der Waals surface area contributed by atoms with Crippen LogP contribution in [0.1, 0.15) is 35.7 Å². The number of benzene rings is 2. The van der Waals surface area contributed by atoms with Crippen LogP contribution in [-0.4, -0.2) is 5.91 Å². The standard InChI is InChI=1S/C16H16FNO/c1-10(2)12-5-8-14(15(9-12)16(18)19)11-3-6-13(17)7-4-11/h3-10H,1-2H3,(H2,18,19). The van der Waals surface area contributed by atoms with Crippen molar-refractivity contribution in [3.05, 3.63) is 59.4 Å². The topological polar surface area (TPSA) is 43.1 Å². The van der Waals surface area contributed by atoms with Gasteiger partial charge in [-0.3, -0.25) is 4.79 Å². The molecule has 0 radical (unpaired) electrons. The molecule has 1 amide bonds. The summed E-state index contributed by atoms with van der Waals surface area (Å²) < 4.78 is 12.9. The molecule has 2 aromatic rings. The summed E-state index contributed by atoms with van der Waals surface area (Å²) in [6.45, 7) is 4.11. The lowest BCUT2D eigenvalue weighted by molar-refractivity contribution is 0.100. The molecule has 0 saturated carbocycles. The number of hydrogen-bond donors (Lipinski definition) is 1. The van der Waals surface area contributed by atoms with Crippen LogP contribution >= 0.6 is 0 Å². The van der Waals surface area contributed by atoms with Gasteiger partial charge in [0, 0.05) is 5.56 Å². The Labute approximate surface area is 112 Å². The van der Waals surface area contributed by atoms with Gasteiger partial charge >= 0.3 is 0 Å². The van der Waals surface area contributed by atoms with Crippen molar-refractivity contribution >= 4 is 5.91 Å². The minimum atomic E-state index is -0.471. The van der Waals surface area contributed by atoms with Crippen LogP contribution in [0.15, 0.2) is 42.5 Å². The van der Waals surface area contributed by atoms with Gasteiger partial charge in [0.25, 0.3) is 0 Å². The minimum Gasteiger partial charge on any atom is -0.366 e. The Bertz CT molecular complexity index is 603. The van der Waals surface area contributed by atoms with Crippen LogP contribution in [0, 0.1) is 5.82 Å². The molecule has 2 nitrogen and oxygen atoms in total. The first-order chi connectivity index (χ1) is 8.99. The minimum absolute atomic E-state index is 0.303. The Morgan fingerprint density at radius 1 is 1.11 bits per heavy atom. The monoisotopic (exact) mass is 257 g/mol. The van der Waals surface area contributed by atoms with Gasteiger partial charge in [0.1, 0.15) is 5.82 Å². The lowest BCUT2D eigenvalue weighted by Crippen LogP contribution is -2.13. The third kappa shape index (κ3) is 2.81. The first-order valence-corrected chi connectivity index (χ1v) is 6.18. The van der Waals surface area contributed by atoms with Gasteiger partial charge in [-0.25, -0.2) is 4.39 Å². The largest absolute Gasteiger partial charge is 0.366 e. The zero-order valence-electron chi connectivity index (χ0n) is 11.0. The van der Waals surface area contributed by atoms with Crippen LogP contribution in [0.3, 0.4) is 0 Å². The molecule has 0 spiro atoms. The number of primary amides is 1. The van der Waals surface area contributed by atoms with Gasteiger partial charge in [-0.05, 0) is 40.8 Å². The Hall–Kier alpha value is -2.16. The van der Waals surface area contributed by atoms with Gasteiger partial charge < -0.3 is 5.73 Å². The molecule has 0 saturated heterocycles. The van der Waals surface area contributed by atoms with Crippen molar-refractivity contribution in [2.75, 3.05) is 0 Å². The maximum atomic E-state index is 12.9. The molecule has 0 unspecified atom stereocenters. The molecule has 0 aromatic heterocycles. The van der Waals surface area contributed by atoms with Crippen LogP contribution in [0.5, 0.6) is 0 Å². The third-order valence-electron chi connectivity index (χ3n) is 3.13.